The van der Waals surface area contributed by atoms with Gasteiger partial charge in [-0.1, -0.05) is 35.3 Å². The summed E-state index contributed by atoms with van der Waals surface area (Å²) in [5.74, 6) is 0.567. The van der Waals surface area contributed by atoms with Crippen molar-refractivity contribution in [3.8, 4) is 5.75 Å². The number of anilines is 1. The predicted molar refractivity (Wildman–Crippen MR) is 92.2 cm³/mol. The Kier molecular flexibility index (Phi) is 4.76. The summed E-state index contributed by atoms with van der Waals surface area (Å²) in [6, 6.07) is 11.2. The van der Waals surface area contributed by atoms with Gasteiger partial charge in [0.2, 0.25) is 0 Å². The van der Waals surface area contributed by atoms with Crippen molar-refractivity contribution in [2.24, 2.45) is 0 Å². The molecule has 2 aromatic rings. The van der Waals surface area contributed by atoms with E-state index in [4.69, 9.17) is 27.9 Å². The Bertz CT molecular complexity index is 749. The summed E-state index contributed by atoms with van der Waals surface area (Å²) in [7, 11) is 0. The summed E-state index contributed by atoms with van der Waals surface area (Å²) in [6.45, 7) is 3.01. The van der Waals surface area contributed by atoms with Gasteiger partial charge in [-0.15, -0.1) is 0 Å². The van der Waals surface area contributed by atoms with Crippen molar-refractivity contribution in [1.82, 2.24) is 5.32 Å². The Hall–Kier alpha value is -1.75. The van der Waals surface area contributed by atoms with Gasteiger partial charge < -0.3 is 15.4 Å². The average Bonchev–Trinajstić information content (AvgIpc) is 2.51. The van der Waals surface area contributed by atoms with E-state index in [0.717, 1.165) is 11.1 Å². The van der Waals surface area contributed by atoms with Crippen LogP contribution in [0.5, 0.6) is 5.75 Å². The number of ether oxygens (including phenoxy) is 1. The van der Waals surface area contributed by atoms with Crippen LogP contribution in [0.4, 0.5) is 5.69 Å². The highest BCUT2D eigenvalue weighted by molar-refractivity contribution is 6.35. The van der Waals surface area contributed by atoms with E-state index in [1.165, 1.54) is 0 Å². The molecule has 1 atom stereocenters. The highest BCUT2D eigenvalue weighted by atomic mass is 35.5. The van der Waals surface area contributed by atoms with Crippen molar-refractivity contribution in [3.63, 3.8) is 0 Å². The summed E-state index contributed by atoms with van der Waals surface area (Å²) in [6.07, 6.45) is -0.460. The first-order chi connectivity index (χ1) is 11.0. The highest BCUT2D eigenvalue weighted by Gasteiger charge is 2.23. The van der Waals surface area contributed by atoms with Crippen LogP contribution in [-0.2, 0) is 17.9 Å². The van der Waals surface area contributed by atoms with Crippen LogP contribution < -0.4 is 15.4 Å². The summed E-state index contributed by atoms with van der Waals surface area (Å²) < 4.78 is 5.54. The first-order valence-corrected chi connectivity index (χ1v) is 8.03. The lowest BCUT2D eigenvalue weighted by Gasteiger charge is -2.23. The number of benzene rings is 2. The third kappa shape index (κ3) is 3.78. The fraction of sp³-hybridized carbons (Fsp3) is 0.235. The van der Waals surface area contributed by atoms with Gasteiger partial charge in [-0.25, -0.2) is 0 Å². The van der Waals surface area contributed by atoms with Gasteiger partial charge in [-0.3, -0.25) is 4.79 Å². The third-order valence-electron chi connectivity index (χ3n) is 3.63. The van der Waals surface area contributed by atoms with Gasteiger partial charge in [0.05, 0.1) is 5.69 Å². The number of carbonyl (C=O) groups excluding carboxylic acids is 1. The van der Waals surface area contributed by atoms with Gasteiger partial charge in [0.15, 0.2) is 6.10 Å². The molecule has 2 aromatic carbocycles. The number of nitrogens with one attached hydrogen (secondary N) is 2. The molecule has 4 nitrogen and oxygen atoms in total. The van der Waals surface area contributed by atoms with E-state index in [0.29, 0.717) is 34.6 Å². The molecule has 1 aliphatic heterocycles. The van der Waals surface area contributed by atoms with Gasteiger partial charge in [0, 0.05) is 23.1 Å². The molecule has 0 aromatic heterocycles. The molecule has 120 valence electrons. The fourth-order valence-corrected chi connectivity index (χ4v) is 2.85. The van der Waals surface area contributed by atoms with Crippen molar-refractivity contribution in [3.05, 3.63) is 57.6 Å². The molecule has 0 fully saturated rings. The number of hydrogen-bond acceptors (Lipinski definition) is 3. The second-order valence-corrected chi connectivity index (χ2v) is 6.26. The van der Waals surface area contributed by atoms with Crippen LogP contribution in [-0.4, -0.2) is 12.0 Å². The SMILES string of the molecule is CC1Oc2ccc(CNCc3ccc(Cl)cc3Cl)cc2NC1=O. The van der Waals surface area contributed by atoms with E-state index in [1.807, 2.05) is 30.3 Å². The third-order valence-corrected chi connectivity index (χ3v) is 4.22. The van der Waals surface area contributed by atoms with Gasteiger partial charge in [-0.05, 0) is 42.3 Å². The van der Waals surface area contributed by atoms with E-state index in [-0.39, 0.29) is 5.91 Å². The molecule has 0 saturated heterocycles. The number of halogens is 2. The fourth-order valence-electron chi connectivity index (χ4n) is 2.37. The highest BCUT2D eigenvalue weighted by Crippen LogP contribution is 2.30. The van der Waals surface area contributed by atoms with Crippen molar-refractivity contribution in [2.45, 2.75) is 26.1 Å². The maximum atomic E-state index is 11.7. The van der Waals surface area contributed by atoms with Crippen LogP contribution >= 0.6 is 23.2 Å². The summed E-state index contributed by atoms with van der Waals surface area (Å²) in [5, 5.41) is 7.44. The molecule has 3 rings (SSSR count). The van der Waals surface area contributed by atoms with Crippen molar-refractivity contribution < 1.29 is 9.53 Å². The number of rotatable bonds is 4. The average molecular weight is 351 g/mol. The predicted octanol–water partition coefficient (Wildman–Crippen LogP) is 4.00. The van der Waals surface area contributed by atoms with Crippen molar-refractivity contribution in [2.75, 3.05) is 5.32 Å². The molecule has 1 aliphatic rings. The van der Waals surface area contributed by atoms with Gasteiger partial charge in [0.25, 0.3) is 5.91 Å². The lowest BCUT2D eigenvalue weighted by molar-refractivity contribution is -0.122. The maximum Gasteiger partial charge on any atom is 0.265 e. The molecule has 1 unspecified atom stereocenters. The Labute approximate surface area is 144 Å². The standard InChI is InChI=1S/C17H16Cl2N2O2/c1-10-17(22)21-15-6-11(2-5-16(15)23-10)8-20-9-12-3-4-13(18)7-14(12)19/h2-7,10,20H,8-9H2,1H3,(H,21,22). The zero-order chi connectivity index (χ0) is 16.4. The van der Waals surface area contributed by atoms with E-state index >= 15 is 0 Å². The van der Waals surface area contributed by atoms with Gasteiger partial charge in [-0.2, -0.15) is 0 Å². The summed E-state index contributed by atoms with van der Waals surface area (Å²) >= 11 is 12.0. The first-order valence-electron chi connectivity index (χ1n) is 7.28. The molecule has 23 heavy (non-hydrogen) atoms. The Morgan fingerprint density at radius 3 is 2.78 bits per heavy atom. The van der Waals surface area contributed by atoms with Crippen LogP contribution in [0.2, 0.25) is 10.0 Å². The molecule has 0 spiro atoms. The number of amides is 1. The van der Waals surface area contributed by atoms with Crippen LogP contribution in [0.15, 0.2) is 36.4 Å². The van der Waals surface area contributed by atoms with Crippen LogP contribution in [0.1, 0.15) is 18.1 Å². The van der Waals surface area contributed by atoms with Gasteiger partial charge >= 0.3 is 0 Å². The lowest BCUT2D eigenvalue weighted by atomic mass is 10.1. The molecule has 0 saturated carbocycles. The van der Waals surface area contributed by atoms with Crippen LogP contribution in [0.25, 0.3) is 0 Å². The topological polar surface area (TPSA) is 50.4 Å². The number of hydrogen-bond donors (Lipinski definition) is 2. The van der Waals surface area contributed by atoms with E-state index in [9.17, 15) is 4.79 Å². The maximum absolute atomic E-state index is 11.7. The molecular formula is C17H16Cl2N2O2. The minimum atomic E-state index is -0.460. The summed E-state index contributed by atoms with van der Waals surface area (Å²) in [4.78, 5) is 11.7. The zero-order valence-electron chi connectivity index (χ0n) is 12.5. The molecule has 6 heteroatoms. The largest absolute Gasteiger partial charge is 0.479 e. The van der Waals surface area contributed by atoms with Crippen molar-refractivity contribution >= 4 is 34.8 Å². The van der Waals surface area contributed by atoms with E-state index in [2.05, 4.69) is 10.6 Å². The lowest BCUT2D eigenvalue weighted by Crippen LogP contribution is -2.34. The second kappa shape index (κ2) is 6.79. The molecule has 1 amide bonds. The van der Waals surface area contributed by atoms with Crippen LogP contribution in [0.3, 0.4) is 0 Å². The summed E-state index contributed by atoms with van der Waals surface area (Å²) in [5.41, 5.74) is 2.74. The first kappa shape index (κ1) is 16.1. The van der Waals surface area contributed by atoms with Crippen LogP contribution in [0, 0.1) is 0 Å². The Balaban J connectivity index is 1.63. The Morgan fingerprint density at radius 2 is 2.00 bits per heavy atom. The van der Waals surface area contributed by atoms with E-state index in [1.54, 1.807) is 13.0 Å². The minimum Gasteiger partial charge on any atom is -0.479 e. The van der Waals surface area contributed by atoms with E-state index < -0.39 is 6.10 Å². The molecular weight excluding hydrogens is 335 g/mol. The molecule has 0 aliphatic carbocycles. The monoisotopic (exact) mass is 350 g/mol. The molecule has 0 radical (unpaired) electrons. The zero-order valence-corrected chi connectivity index (χ0v) is 14.0. The normalized spacial score (nSPS) is 16.5. The molecule has 0 bridgehead atoms. The molecule has 1 heterocycles. The van der Waals surface area contributed by atoms with Crippen molar-refractivity contribution in [1.29, 1.82) is 0 Å². The minimum absolute atomic E-state index is 0.129. The smallest absolute Gasteiger partial charge is 0.265 e. The quantitative estimate of drug-likeness (QED) is 0.875. The Morgan fingerprint density at radius 1 is 1.17 bits per heavy atom. The number of fused-ring (bicyclic) bond motifs is 1. The van der Waals surface area contributed by atoms with Gasteiger partial charge in [0.1, 0.15) is 5.75 Å². The second-order valence-electron chi connectivity index (χ2n) is 5.42. The molecule has 2 N–H and O–H groups in total. The number of carbonyl (C=O) groups is 1.